The van der Waals surface area contributed by atoms with Crippen molar-refractivity contribution in [1.29, 1.82) is 0 Å². The number of hydrogen-bond acceptors (Lipinski definition) is 5. The first kappa shape index (κ1) is 14.2. The molecule has 0 atom stereocenters. The van der Waals surface area contributed by atoms with E-state index in [0.717, 1.165) is 25.9 Å². The average molecular weight is 285 g/mol. The SMILES string of the molecule is COc1ccc(S(=O)(=O)N(C)C2CCNCC2)cn1. The van der Waals surface area contributed by atoms with Crippen LogP contribution in [0.3, 0.4) is 0 Å². The Kier molecular flexibility index (Phi) is 4.38. The lowest BCUT2D eigenvalue weighted by Crippen LogP contribution is -2.43. The van der Waals surface area contributed by atoms with Crippen molar-refractivity contribution in [1.82, 2.24) is 14.6 Å². The van der Waals surface area contributed by atoms with Crippen molar-refractivity contribution in [2.75, 3.05) is 27.2 Å². The van der Waals surface area contributed by atoms with Crippen LogP contribution in [0.15, 0.2) is 23.2 Å². The van der Waals surface area contributed by atoms with E-state index in [2.05, 4.69) is 10.3 Å². The van der Waals surface area contributed by atoms with Gasteiger partial charge < -0.3 is 10.1 Å². The summed E-state index contributed by atoms with van der Waals surface area (Å²) < 4.78 is 31.3. The normalized spacial score (nSPS) is 17.6. The van der Waals surface area contributed by atoms with Gasteiger partial charge in [-0.2, -0.15) is 4.31 Å². The van der Waals surface area contributed by atoms with Crippen LogP contribution in [-0.4, -0.2) is 51.0 Å². The lowest BCUT2D eigenvalue weighted by atomic mass is 10.1. The van der Waals surface area contributed by atoms with Gasteiger partial charge in [-0.15, -0.1) is 0 Å². The highest BCUT2D eigenvalue weighted by atomic mass is 32.2. The van der Waals surface area contributed by atoms with E-state index in [1.165, 1.54) is 23.7 Å². The highest BCUT2D eigenvalue weighted by Crippen LogP contribution is 2.21. The molecule has 1 aliphatic heterocycles. The van der Waals surface area contributed by atoms with Gasteiger partial charge in [0.05, 0.1) is 13.3 Å². The van der Waals surface area contributed by atoms with E-state index in [1.807, 2.05) is 0 Å². The van der Waals surface area contributed by atoms with E-state index in [0.29, 0.717) is 5.88 Å². The Bertz CT molecular complexity index is 510. The van der Waals surface area contributed by atoms with Crippen LogP contribution in [0, 0.1) is 0 Å². The molecular weight excluding hydrogens is 266 g/mol. The zero-order valence-corrected chi connectivity index (χ0v) is 12.0. The predicted molar refractivity (Wildman–Crippen MR) is 71.6 cm³/mol. The first-order valence-corrected chi connectivity index (χ1v) is 7.68. The average Bonchev–Trinajstić information content (AvgIpc) is 2.47. The number of methoxy groups -OCH3 is 1. The summed E-state index contributed by atoms with van der Waals surface area (Å²) >= 11 is 0. The van der Waals surface area contributed by atoms with Gasteiger partial charge in [0.25, 0.3) is 0 Å². The van der Waals surface area contributed by atoms with Crippen molar-refractivity contribution >= 4 is 10.0 Å². The van der Waals surface area contributed by atoms with Crippen molar-refractivity contribution in [2.24, 2.45) is 0 Å². The fourth-order valence-electron chi connectivity index (χ4n) is 2.17. The number of nitrogens with zero attached hydrogens (tertiary/aromatic N) is 2. The molecule has 106 valence electrons. The molecule has 6 nitrogen and oxygen atoms in total. The molecule has 0 amide bonds. The molecular formula is C12H19N3O3S. The Morgan fingerprint density at radius 3 is 2.58 bits per heavy atom. The number of aromatic nitrogens is 1. The molecule has 0 unspecified atom stereocenters. The molecule has 2 rings (SSSR count). The maximum Gasteiger partial charge on any atom is 0.244 e. The second kappa shape index (κ2) is 5.85. The second-order valence-electron chi connectivity index (χ2n) is 4.54. The molecule has 0 radical (unpaired) electrons. The molecule has 0 spiro atoms. The van der Waals surface area contributed by atoms with Crippen LogP contribution < -0.4 is 10.1 Å². The van der Waals surface area contributed by atoms with Gasteiger partial charge in [0.1, 0.15) is 4.90 Å². The molecule has 19 heavy (non-hydrogen) atoms. The van der Waals surface area contributed by atoms with E-state index in [9.17, 15) is 8.42 Å². The highest BCUT2D eigenvalue weighted by molar-refractivity contribution is 7.89. The molecule has 1 aromatic heterocycles. The van der Waals surface area contributed by atoms with Crippen LogP contribution in [0.5, 0.6) is 5.88 Å². The molecule has 0 saturated carbocycles. The molecule has 0 aliphatic carbocycles. The van der Waals surface area contributed by atoms with Gasteiger partial charge in [0, 0.05) is 19.2 Å². The number of nitrogens with one attached hydrogen (secondary N) is 1. The molecule has 7 heteroatoms. The fourth-order valence-corrected chi connectivity index (χ4v) is 3.53. The van der Waals surface area contributed by atoms with Crippen molar-refractivity contribution in [3.63, 3.8) is 0 Å². The van der Waals surface area contributed by atoms with Crippen molar-refractivity contribution < 1.29 is 13.2 Å². The number of ether oxygens (including phenoxy) is 1. The summed E-state index contributed by atoms with van der Waals surface area (Å²) in [7, 11) is -0.344. The van der Waals surface area contributed by atoms with Crippen LogP contribution in [-0.2, 0) is 10.0 Å². The summed E-state index contributed by atoms with van der Waals surface area (Å²) in [6.07, 6.45) is 3.00. The molecule has 0 bridgehead atoms. The van der Waals surface area contributed by atoms with Crippen LogP contribution >= 0.6 is 0 Å². The summed E-state index contributed by atoms with van der Waals surface area (Å²) in [5.74, 6) is 0.406. The Morgan fingerprint density at radius 1 is 1.37 bits per heavy atom. The number of pyridine rings is 1. The maximum absolute atomic E-state index is 12.5. The maximum atomic E-state index is 12.5. The smallest absolute Gasteiger partial charge is 0.244 e. The molecule has 2 heterocycles. The van der Waals surface area contributed by atoms with Gasteiger partial charge in [0.2, 0.25) is 15.9 Å². The van der Waals surface area contributed by atoms with Gasteiger partial charge in [-0.3, -0.25) is 0 Å². The van der Waals surface area contributed by atoms with E-state index in [1.54, 1.807) is 13.1 Å². The molecule has 1 N–H and O–H groups in total. The monoisotopic (exact) mass is 285 g/mol. The first-order chi connectivity index (χ1) is 9.05. The first-order valence-electron chi connectivity index (χ1n) is 6.24. The molecule has 1 aromatic rings. The standard InChI is InChI=1S/C12H19N3O3S/c1-15(10-5-7-13-8-6-10)19(16,17)11-3-4-12(18-2)14-9-11/h3-4,9-10,13H,5-8H2,1-2H3. The van der Waals surface area contributed by atoms with E-state index < -0.39 is 10.0 Å². The van der Waals surface area contributed by atoms with Crippen molar-refractivity contribution in [3.05, 3.63) is 18.3 Å². The lowest BCUT2D eigenvalue weighted by molar-refractivity contribution is 0.296. The Labute approximate surface area is 113 Å². The largest absolute Gasteiger partial charge is 0.481 e. The molecule has 1 fully saturated rings. The summed E-state index contributed by atoms with van der Waals surface area (Å²) in [4.78, 5) is 4.15. The Hall–Kier alpha value is -1.18. The van der Waals surface area contributed by atoms with Gasteiger partial charge in [-0.1, -0.05) is 0 Å². The minimum Gasteiger partial charge on any atom is -0.481 e. The fraction of sp³-hybridized carbons (Fsp3) is 0.583. The van der Waals surface area contributed by atoms with E-state index in [-0.39, 0.29) is 10.9 Å². The Balaban J connectivity index is 2.19. The number of piperidine rings is 1. The van der Waals surface area contributed by atoms with Gasteiger partial charge in [0.15, 0.2) is 0 Å². The topological polar surface area (TPSA) is 71.5 Å². The van der Waals surface area contributed by atoms with Gasteiger partial charge in [-0.25, -0.2) is 13.4 Å². The third-order valence-corrected chi connectivity index (χ3v) is 5.31. The summed E-state index contributed by atoms with van der Waals surface area (Å²) in [5, 5.41) is 3.23. The second-order valence-corrected chi connectivity index (χ2v) is 6.54. The zero-order chi connectivity index (χ0) is 13.9. The lowest BCUT2D eigenvalue weighted by Gasteiger charge is -2.30. The molecule has 0 aromatic carbocycles. The van der Waals surface area contributed by atoms with Crippen LogP contribution in [0.2, 0.25) is 0 Å². The van der Waals surface area contributed by atoms with E-state index >= 15 is 0 Å². The van der Waals surface area contributed by atoms with Crippen LogP contribution in [0.4, 0.5) is 0 Å². The van der Waals surface area contributed by atoms with E-state index in [4.69, 9.17) is 4.74 Å². The highest BCUT2D eigenvalue weighted by Gasteiger charge is 2.29. The third kappa shape index (κ3) is 3.05. The molecule has 1 saturated heterocycles. The quantitative estimate of drug-likeness (QED) is 0.870. The minimum absolute atomic E-state index is 0.0494. The van der Waals surface area contributed by atoms with Crippen molar-refractivity contribution in [3.8, 4) is 5.88 Å². The Morgan fingerprint density at radius 2 is 2.05 bits per heavy atom. The van der Waals surface area contributed by atoms with Crippen LogP contribution in [0.25, 0.3) is 0 Å². The summed E-state index contributed by atoms with van der Waals surface area (Å²) in [6, 6.07) is 3.13. The molecule has 1 aliphatic rings. The third-order valence-electron chi connectivity index (χ3n) is 3.42. The summed E-state index contributed by atoms with van der Waals surface area (Å²) in [5.41, 5.74) is 0. The van der Waals surface area contributed by atoms with Crippen molar-refractivity contribution in [2.45, 2.75) is 23.8 Å². The van der Waals surface area contributed by atoms with Crippen LogP contribution in [0.1, 0.15) is 12.8 Å². The zero-order valence-electron chi connectivity index (χ0n) is 11.2. The number of rotatable bonds is 4. The predicted octanol–water partition coefficient (Wildman–Crippen LogP) is 0.463. The van der Waals surface area contributed by atoms with Gasteiger partial charge in [-0.05, 0) is 32.0 Å². The number of sulfonamides is 1. The summed E-state index contributed by atoms with van der Waals surface area (Å²) in [6.45, 7) is 1.71. The van der Waals surface area contributed by atoms with Gasteiger partial charge >= 0.3 is 0 Å². The number of hydrogen-bond donors (Lipinski definition) is 1. The minimum atomic E-state index is -3.48.